The Labute approximate surface area is 91.4 Å². The molecule has 15 heavy (non-hydrogen) atoms. The van der Waals surface area contributed by atoms with Crippen LogP contribution in [0.15, 0.2) is 24.4 Å². The number of dihydropyridines is 1. The molecule has 0 aromatic heterocycles. The van der Waals surface area contributed by atoms with Crippen LogP contribution in [-0.4, -0.2) is 55.2 Å². The predicted molar refractivity (Wildman–Crippen MR) is 62.3 cm³/mol. The first kappa shape index (κ1) is 10.7. The molecule has 0 radical (unpaired) electrons. The van der Waals surface area contributed by atoms with Crippen LogP contribution in [0.2, 0.25) is 0 Å². The lowest BCUT2D eigenvalue weighted by Gasteiger charge is -2.38. The zero-order chi connectivity index (χ0) is 10.5. The monoisotopic (exact) mass is 208 g/mol. The van der Waals surface area contributed by atoms with Crippen LogP contribution in [0.3, 0.4) is 0 Å². The highest BCUT2D eigenvalue weighted by molar-refractivity contribution is 5.11. The number of nitrogens with zero attached hydrogens (tertiary/aromatic N) is 2. The van der Waals surface area contributed by atoms with Gasteiger partial charge in [0, 0.05) is 39.3 Å². The fourth-order valence-corrected chi connectivity index (χ4v) is 2.11. The molecule has 0 saturated carbocycles. The third-order valence-electron chi connectivity index (χ3n) is 3.01. The Balaban J connectivity index is 1.78. The second-order valence-corrected chi connectivity index (χ2v) is 4.02. The Morgan fingerprint density at radius 1 is 1.20 bits per heavy atom. The van der Waals surface area contributed by atoms with Gasteiger partial charge in [-0.05, 0) is 18.4 Å². The number of nitrogens with two attached hydrogens (primary N) is 1. The van der Waals surface area contributed by atoms with Gasteiger partial charge in [0.25, 0.3) is 0 Å². The molecule has 2 heterocycles. The standard InChI is InChI=1S/C11H20N4/c12-4-6-14-7-9-15(10-8-14)11-3-1-2-5-13-11/h1-3,5,11,13H,4,6-10,12H2. The van der Waals surface area contributed by atoms with E-state index in [0.717, 1.165) is 39.3 Å². The molecule has 84 valence electrons. The number of allylic oxidation sites excluding steroid dienone is 2. The normalized spacial score (nSPS) is 27.9. The smallest absolute Gasteiger partial charge is 0.0985 e. The molecule has 0 aromatic carbocycles. The first-order valence-corrected chi connectivity index (χ1v) is 5.66. The SMILES string of the molecule is NCCN1CCN(C2C=CC=CN2)CC1. The fraction of sp³-hybridized carbons (Fsp3) is 0.636. The lowest BCUT2D eigenvalue weighted by Crippen LogP contribution is -2.54. The number of hydrogen-bond donors (Lipinski definition) is 2. The van der Waals surface area contributed by atoms with Crippen molar-refractivity contribution in [3.8, 4) is 0 Å². The minimum absolute atomic E-state index is 0.384. The van der Waals surface area contributed by atoms with Gasteiger partial charge in [-0.3, -0.25) is 9.80 Å². The van der Waals surface area contributed by atoms with Crippen molar-refractivity contribution in [1.29, 1.82) is 0 Å². The molecular weight excluding hydrogens is 188 g/mol. The topological polar surface area (TPSA) is 44.5 Å². The highest BCUT2D eigenvalue weighted by Crippen LogP contribution is 2.07. The summed E-state index contributed by atoms with van der Waals surface area (Å²) in [6.07, 6.45) is 8.74. The van der Waals surface area contributed by atoms with Crippen molar-refractivity contribution in [1.82, 2.24) is 15.1 Å². The van der Waals surface area contributed by atoms with Crippen LogP contribution >= 0.6 is 0 Å². The summed E-state index contributed by atoms with van der Waals surface area (Å²) in [7, 11) is 0. The van der Waals surface area contributed by atoms with Crippen molar-refractivity contribution in [2.75, 3.05) is 39.3 Å². The first-order chi connectivity index (χ1) is 7.40. The third kappa shape index (κ3) is 2.81. The van der Waals surface area contributed by atoms with Crippen molar-refractivity contribution in [2.24, 2.45) is 5.73 Å². The maximum Gasteiger partial charge on any atom is 0.0985 e. The molecule has 3 N–H and O–H groups in total. The van der Waals surface area contributed by atoms with Crippen LogP contribution in [0, 0.1) is 0 Å². The Bertz CT molecular complexity index is 241. The average molecular weight is 208 g/mol. The highest BCUT2D eigenvalue weighted by atomic mass is 15.3. The molecule has 2 rings (SSSR count). The molecule has 0 amide bonds. The van der Waals surface area contributed by atoms with E-state index in [2.05, 4.69) is 27.3 Å². The molecule has 2 aliphatic heterocycles. The van der Waals surface area contributed by atoms with Gasteiger partial charge < -0.3 is 11.1 Å². The zero-order valence-corrected chi connectivity index (χ0v) is 9.10. The molecule has 0 aromatic rings. The van der Waals surface area contributed by atoms with E-state index in [4.69, 9.17) is 5.73 Å². The van der Waals surface area contributed by atoms with Crippen molar-refractivity contribution in [3.63, 3.8) is 0 Å². The number of rotatable bonds is 3. The summed E-state index contributed by atoms with van der Waals surface area (Å²) in [5.41, 5.74) is 5.55. The zero-order valence-electron chi connectivity index (χ0n) is 9.10. The number of nitrogens with one attached hydrogen (secondary N) is 1. The molecule has 4 heteroatoms. The molecule has 0 aliphatic carbocycles. The van der Waals surface area contributed by atoms with Crippen LogP contribution in [0.1, 0.15) is 0 Å². The lowest BCUT2D eigenvalue weighted by atomic mass is 10.2. The van der Waals surface area contributed by atoms with Gasteiger partial charge >= 0.3 is 0 Å². The van der Waals surface area contributed by atoms with Crippen LogP contribution in [0.25, 0.3) is 0 Å². The predicted octanol–water partition coefficient (Wildman–Crippen LogP) is -0.438. The molecule has 2 aliphatic rings. The lowest BCUT2D eigenvalue weighted by molar-refractivity contribution is 0.106. The van der Waals surface area contributed by atoms with E-state index < -0.39 is 0 Å². The quantitative estimate of drug-likeness (QED) is 0.660. The summed E-state index contributed by atoms with van der Waals surface area (Å²) in [6, 6.07) is 0. The van der Waals surface area contributed by atoms with Gasteiger partial charge in [-0.25, -0.2) is 0 Å². The Morgan fingerprint density at radius 2 is 2.00 bits per heavy atom. The van der Waals surface area contributed by atoms with Gasteiger partial charge in [0.05, 0.1) is 6.17 Å². The second-order valence-electron chi connectivity index (χ2n) is 4.02. The van der Waals surface area contributed by atoms with Crippen molar-refractivity contribution < 1.29 is 0 Å². The fourth-order valence-electron chi connectivity index (χ4n) is 2.11. The van der Waals surface area contributed by atoms with E-state index in [0.29, 0.717) is 6.17 Å². The van der Waals surface area contributed by atoms with E-state index in [-0.39, 0.29) is 0 Å². The van der Waals surface area contributed by atoms with Gasteiger partial charge in [0.2, 0.25) is 0 Å². The highest BCUT2D eigenvalue weighted by Gasteiger charge is 2.21. The molecule has 1 saturated heterocycles. The van der Waals surface area contributed by atoms with Gasteiger partial charge in [0.1, 0.15) is 0 Å². The van der Waals surface area contributed by atoms with Gasteiger partial charge in [-0.15, -0.1) is 0 Å². The second kappa shape index (κ2) is 5.30. The molecule has 1 fully saturated rings. The largest absolute Gasteiger partial charge is 0.372 e. The first-order valence-electron chi connectivity index (χ1n) is 5.66. The van der Waals surface area contributed by atoms with E-state index in [1.54, 1.807) is 0 Å². The summed E-state index contributed by atoms with van der Waals surface area (Å²) in [6.45, 7) is 6.30. The maximum atomic E-state index is 5.55. The van der Waals surface area contributed by atoms with Crippen molar-refractivity contribution in [2.45, 2.75) is 6.17 Å². The molecular formula is C11H20N4. The Hall–Kier alpha value is -0.840. The Kier molecular flexibility index (Phi) is 3.77. The van der Waals surface area contributed by atoms with Crippen LogP contribution in [0.5, 0.6) is 0 Å². The Morgan fingerprint density at radius 3 is 2.60 bits per heavy atom. The van der Waals surface area contributed by atoms with Gasteiger partial charge in [0.15, 0.2) is 0 Å². The van der Waals surface area contributed by atoms with E-state index in [1.807, 2.05) is 12.3 Å². The third-order valence-corrected chi connectivity index (χ3v) is 3.01. The molecule has 1 unspecified atom stereocenters. The average Bonchev–Trinajstić information content (AvgIpc) is 2.32. The van der Waals surface area contributed by atoms with Crippen molar-refractivity contribution >= 4 is 0 Å². The minimum Gasteiger partial charge on any atom is -0.372 e. The summed E-state index contributed by atoms with van der Waals surface area (Å²) in [5.74, 6) is 0. The molecule has 4 nitrogen and oxygen atoms in total. The molecule has 1 atom stereocenters. The van der Waals surface area contributed by atoms with Crippen LogP contribution < -0.4 is 11.1 Å². The van der Waals surface area contributed by atoms with E-state index >= 15 is 0 Å². The van der Waals surface area contributed by atoms with Gasteiger partial charge in [-0.2, -0.15) is 0 Å². The maximum absolute atomic E-state index is 5.55. The number of piperazine rings is 1. The number of hydrogen-bond acceptors (Lipinski definition) is 4. The van der Waals surface area contributed by atoms with Crippen molar-refractivity contribution in [3.05, 3.63) is 24.4 Å². The summed E-state index contributed by atoms with van der Waals surface area (Å²) < 4.78 is 0. The molecule has 0 bridgehead atoms. The van der Waals surface area contributed by atoms with Crippen LogP contribution in [0.4, 0.5) is 0 Å². The van der Waals surface area contributed by atoms with Gasteiger partial charge in [-0.1, -0.05) is 6.08 Å². The summed E-state index contributed by atoms with van der Waals surface area (Å²) >= 11 is 0. The summed E-state index contributed by atoms with van der Waals surface area (Å²) in [5, 5.41) is 3.35. The van der Waals surface area contributed by atoms with E-state index in [9.17, 15) is 0 Å². The minimum atomic E-state index is 0.384. The molecule has 0 spiro atoms. The van der Waals surface area contributed by atoms with Crippen LogP contribution in [-0.2, 0) is 0 Å². The van der Waals surface area contributed by atoms with E-state index in [1.165, 1.54) is 0 Å². The summed E-state index contributed by atoms with van der Waals surface area (Å²) in [4.78, 5) is 4.89.